The smallest absolute Gasteiger partial charge is 0.188 e. The van der Waals surface area contributed by atoms with Crippen molar-refractivity contribution in [1.29, 1.82) is 0 Å². The fourth-order valence-corrected chi connectivity index (χ4v) is 3.27. The van der Waals surface area contributed by atoms with Gasteiger partial charge < -0.3 is 5.11 Å². The Morgan fingerprint density at radius 3 is 2.18 bits per heavy atom. The summed E-state index contributed by atoms with van der Waals surface area (Å²) in [6.45, 7) is 6.07. The molecule has 1 aliphatic rings. The normalized spacial score (nSPS) is 18.6. The van der Waals surface area contributed by atoms with Gasteiger partial charge in [-0.2, -0.15) is 0 Å². The van der Waals surface area contributed by atoms with Gasteiger partial charge in [-0.05, 0) is 39.2 Å². The van der Waals surface area contributed by atoms with Gasteiger partial charge in [0.15, 0.2) is 5.16 Å². The number of rotatable bonds is 3. The number of thioether (sulfide) groups is 1. The van der Waals surface area contributed by atoms with Gasteiger partial charge in [-0.25, -0.2) is 9.97 Å². The Morgan fingerprint density at radius 2 is 1.65 bits per heavy atom. The minimum atomic E-state index is -0.485. The lowest BCUT2D eigenvalue weighted by molar-refractivity contribution is 0.0732. The van der Waals surface area contributed by atoms with Gasteiger partial charge in [0, 0.05) is 17.1 Å². The first-order chi connectivity index (χ1) is 8.00. The van der Waals surface area contributed by atoms with Crippen molar-refractivity contribution in [2.75, 3.05) is 5.75 Å². The molecule has 1 N–H and O–H groups in total. The quantitative estimate of drug-likeness (QED) is 0.664. The van der Waals surface area contributed by atoms with E-state index in [4.69, 9.17) is 0 Å². The summed E-state index contributed by atoms with van der Waals surface area (Å²) in [5.74, 6) is 0.717. The standard InChI is InChI=1S/C13H20N2OS/c1-9-10(2)14-12(15-11(9)3)17-8-13(16)6-4-5-7-13/h16H,4-8H2,1-3H3. The monoisotopic (exact) mass is 252 g/mol. The Hall–Kier alpha value is -0.610. The zero-order valence-corrected chi connectivity index (χ0v) is 11.6. The third kappa shape index (κ3) is 2.99. The van der Waals surface area contributed by atoms with Crippen LogP contribution in [0.1, 0.15) is 42.6 Å². The van der Waals surface area contributed by atoms with Crippen LogP contribution in [0.2, 0.25) is 0 Å². The molecule has 17 heavy (non-hydrogen) atoms. The van der Waals surface area contributed by atoms with Gasteiger partial charge in [0.25, 0.3) is 0 Å². The Morgan fingerprint density at radius 1 is 1.12 bits per heavy atom. The van der Waals surface area contributed by atoms with E-state index in [-0.39, 0.29) is 0 Å². The molecule has 4 heteroatoms. The molecule has 2 rings (SSSR count). The molecule has 0 aromatic carbocycles. The lowest BCUT2D eigenvalue weighted by Crippen LogP contribution is -2.27. The largest absolute Gasteiger partial charge is 0.389 e. The Bertz CT molecular complexity index is 391. The third-order valence-electron chi connectivity index (χ3n) is 3.62. The van der Waals surface area contributed by atoms with E-state index >= 15 is 0 Å². The summed E-state index contributed by atoms with van der Waals surface area (Å²) < 4.78 is 0. The molecule has 1 saturated carbocycles. The summed E-state index contributed by atoms with van der Waals surface area (Å²) in [6.07, 6.45) is 4.13. The zero-order valence-electron chi connectivity index (χ0n) is 10.8. The molecule has 1 aromatic rings. The molecule has 1 aromatic heterocycles. The number of aryl methyl sites for hydroxylation is 2. The van der Waals surface area contributed by atoms with E-state index in [0.717, 1.165) is 53.5 Å². The predicted octanol–water partition coefficient (Wildman–Crippen LogP) is 2.80. The van der Waals surface area contributed by atoms with E-state index in [1.165, 1.54) is 0 Å². The molecular formula is C13H20N2OS. The molecule has 1 heterocycles. The topological polar surface area (TPSA) is 46.0 Å². The van der Waals surface area contributed by atoms with Crippen LogP contribution in [0.4, 0.5) is 0 Å². The number of aliphatic hydroxyl groups is 1. The number of aromatic nitrogens is 2. The van der Waals surface area contributed by atoms with Gasteiger partial charge in [0.05, 0.1) is 5.60 Å². The lowest BCUT2D eigenvalue weighted by Gasteiger charge is -2.20. The SMILES string of the molecule is Cc1nc(SCC2(O)CCCC2)nc(C)c1C. The van der Waals surface area contributed by atoms with Gasteiger partial charge >= 0.3 is 0 Å². The van der Waals surface area contributed by atoms with Crippen molar-refractivity contribution in [3.8, 4) is 0 Å². The maximum Gasteiger partial charge on any atom is 0.188 e. The summed E-state index contributed by atoms with van der Waals surface area (Å²) >= 11 is 1.58. The molecule has 94 valence electrons. The van der Waals surface area contributed by atoms with Crippen molar-refractivity contribution in [3.05, 3.63) is 17.0 Å². The highest BCUT2D eigenvalue weighted by Crippen LogP contribution is 2.34. The van der Waals surface area contributed by atoms with E-state index in [1.54, 1.807) is 11.8 Å². The summed E-state index contributed by atoms with van der Waals surface area (Å²) in [4.78, 5) is 8.93. The van der Waals surface area contributed by atoms with Crippen LogP contribution in [0.5, 0.6) is 0 Å². The van der Waals surface area contributed by atoms with Crippen LogP contribution in [-0.2, 0) is 0 Å². The van der Waals surface area contributed by atoms with Gasteiger partial charge in [0.1, 0.15) is 0 Å². The molecule has 0 bridgehead atoms. The Kier molecular flexibility index (Phi) is 3.73. The molecule has 0 radical (unpaired) electrons. The summed E-state index contributed by atoms with van der Waals surface area (Å²) in [6, 6.07) is 0. The van der Waals surface area contributed by atoms with Crippen molar-refractivity contribution in [2.45, 2.75) is 57.2 Å². The summed E-state index contributed by atoms with van der Waals surface area (Å²) in [7, 11) is 0. The first-order valence-corrected chi connectivity index (χ1v) is 7.16. The van der Waals surface area contributed by atoms with Crippen LogP contribution in [0.3, 0.4) is 0 Å². The average molecular weight is 252 g/mol. The molecule has 0 unspecified atom stereocenters. The molecular weight excluding hydrogens is 232 g/mol. The third-order valence-corrected chi connectivity index (χ3v) is 4.74. The van der Waals surface area contributed by atoms with Crippen LogP contribution in [0.15, 0.2) is 5.16 Å². The molecule has 1 fully saturated rings. The van der Waals surface area contributed by atoms with Crippen LogP contribution in [-0.4, -0.2) is 26.4 Å². The highest BCUT2D eigenvalue weighted by Gasteiger charge is 2.31. The summed E-state index contributed by atoms with van der Waals surface area (Å²) in [5.41, 5.74) is 2.76. The molecule has 3 nitrogen and oxygen atoms in total. The van der Waals surface area contributed by atoms with Gasteiger partial charge in [-0.3, -0.25) is 0 Å². The van der Waals surface area contributed by atoms with Gasteiger partial charge in [-0.15, -0.1) is 0 Å². The van der Waals surface area contributed by atoms with Crippen molar-refractivity contribution < 1.29 is 5.11 Å². The first kappa shape index (κ1) is 12.8. The minimum Gasteiger partial charge on any atom is -0.389 e. The average Bonchev–Trinajstić information content (AvgIpc) is 2.71. The van der Waals surface area contributed by atoms with Crippen molar-refractivity contribution >= 4 is 11.8 Å². The highest BCUT2D eigenvalue weighted by atomic mass is 32.2. The van der Waals surface area contributed by atoms with Crippen LogP contribution >= 0.6 is 11.8 Å². The maximum absolute atomic E-state index is 10.3. The minimum absolute atomic E-state index is 0.485. The van der Waals surface area contributed by atoms with Crippen LogP contribution in [0.25, 0.3) is 0 Å². The Labute approximate surface area is 107 Å². The van der Waals surface area contributed by atoms with E-state index in [1.807, 2.05) is 20.8 Å². The lowest BCUT2D eigenvalue weighted by atomic mass is 10.1. The van der Waals surface area contributed by atoms with Crippen LogP contribution < -0.4 is 0 Å². The van der Waals surface area contributed by atoms with E-state index in [9.17, 15) is 5.11 Å². The first-order valence-electron chi connectivity index (χ1n) is 6.17. The molecule has 0 amide bonds. The Balaban J connectivity index is 2.04. The van der Waals surface area contributed by atoms with E-state index < -0.39 is 5.60 Å². The number of nitrogens with zero attached hydrogens (tertiary/aromatic N) is 2. The van der Waals surface area contributed by atoms with Crippen molar-refractivity contribution in [2.24, 2.45) is 0 Å². The number of hydrogen-bond acceptors (Lipinski definition) is 4. The van der Waals surface area contributed by atoms with Crippen LogP contribution in [0, 0.1) is 20.8 Å². The van der Waals surface area contributed by atoms with E-state index in [2.05, 4.69) is 9.97 Å². The fraction of sp³-hybridized carbons (Fsp3) is 0.692. The maximum atomic E-state index is 10.3. The van der Waals surface area contributed by atoms with E-state index in [0.29, 0.717) is 0 Å². The molecule has 1 aliphatic carbocycles. The van der Waals surface area contributed by atoms with Crippen molar-refractivity contribution in [1.82, 2.24) is 9.97 Å². The molecule has 0 saturated heterocycles. The molecule has 0 atom stereocenters. The van der Waals surface area contributed by atoms with Gasteiger partial charge in [0.2, 0.25) is 0 Å². The second-order valence-corrected chi connectivity index (χ2v) is 5.96. The second-order valence-electron chi connectivity index (χ2n) is 5.02. The zero-order chi connectivity index (χ0) is 12.5. The second kappa shape index (κ2) is 4.94. The van der Waals surface area contributed by atoms with Gasteiger partial charge in [-0.1, -0.05) is 24.6 Å². The highest BCUT2D eigenvalue weighted by molar-refractivity contribution is 7.99. The predicted molar refractivity (Wildman–Crippen MR) is 70.4 cm³/mol. The van der Waals surface area contributed by atoms with Crippen molar-refractivity contribution in [3.63, 3.8) is 0 Å². The number of hydrogen-bond donors (Lipinski definition) is 1. The fourth-order valence-electron chi connectivity index (χ4n) is 2.18. The molecule has 0 aliphatic heterocycles. The summed E-state index contributed by atoms with van der Waals surface area (Å²) in [5, 5.41) is 11.1. The molecule has 0 spiro atoms.